The molecule has 2 saturated heterocycles. The van der Waals surface area contributed by atoms with Crippen LogP contribution in [-0.4, -0.2) is 30.7 Å². The molecule has 4 nitrogen and oxygen atoms in total. The fourth-order valence-corrected chi connectivity index (χ4v) is 3.69. The van der Waals surface area contributed by atoms with Crippen LogP contribution >= 0.6 is 7.91 Å². The van der Waals surface area contributed by atoms with Crippen molar-refractivity contribution in [2.45, 2.75) is 19.1 Å². The lowest BCUT2D eigenvalue weighted by Crippen LogP contribution is -2.47. The topological polar surface area (TPSA) is 38.8 Å². The Morgan fingerprint density at radius 1 is 1.37 bits per heavy atom. The van der Waals surface area contributed by atoms with Gasteiger partial charge >= 0.3 is 7.91 Å². The molecule has 19 heavy (non-hydrogen) atoms. The highest BCUT2D eigenvalue weighted by Gasteiger charge is 2.42. The predicted molar refractivity (Wildman–Crippen MR) is 69.4 cm³/mol. The molecule has 0 N–H and O–H groups in total. The van der Waals surface area contributed by atoms with Gasteiger partial charge in [0.15, 0.2) is 0 Å². The number of benzene rings is 1. The Kier molecular flexibility index (Phi) is 3.72. The molecule has 0 radical (unpaired) electrons. The van der Waals surface area contributed by atoms with Gasteiger partial charge in [-0.25, -0.2) is 4.57 Å². The SMILES string of the molecule is O=[P@@]1(F)OC[C@H]2CCN(Cc3ccccc3)C[C@@H]2O1. The molecule has 1 aromatic rings. The summed E-state index contributed by atoms with van der Waals surface area (Å²) in [7, 11) is -4.31. The van der Waals surface area contributed by atoms with E-state index >= 15 is 0 Å². The van der Waals surface area contributed by atoms with Crippen LogP contribution in [0.25, 0.3) is 0 Å². The first-order valence-electron chi connectivity index (χ1n) is 6.51. The molecule has 3 rings (SSSR count). The Labute approximate surface area is 112 Å². The van der Waals surface area contributed by atoms with E-state index in [9.17, 15) is 8.76 Å². The molecule has 104 valence electrons. The largest absolute Gasteiger partial charge is 0.513 e. The fourth-order valence-electron chi connectivity index (χ4n) is 2.70. The van der Waals surface area contributed by atoms with Gasteiger partial charge in [0.2, 0.25) is 0 Å². The first-order chi connectivity index (χ1) is 9.12. The average Bonchev–Trinajstić information content (AvgIpc) is 2.38. The molecule has 0 aliphatic carbocycles. The number of piperidine rings is 1. The zero-order chi connectivity index (χ0) is 13.3. The smallest absolute Gasteiger partial charge is 0.296 e. The van der Waals surface area contributed by atoms with Crippen molar-refractivity contribution < 1.29 is 17.8 Å². The minimum absolute atomic E-state index is 0.157. The molecule has 2 fully saturated rings. The summed E-state index contributed by atoms with van der Waals surface area (Å²) >= 11 is 0. The third-order valence-corrected chi connectivity index (χ3v) is 4.71. The molecule has 0 saturated carbocycles. The lowest BCUT2D eigenvalue weighted by atomic mass is 9.94. The Morgan fingerprint density at radius 2 is 2.16 bits per heavy atom. The van der Waals surface area contributed by atoms with Crippen LogP contribution in [-0.2, 0) is 20.2 Å². The van der Waals surface area contributed by atoms with Crippen LogP contribution in [0.1, 0.15) is 12.0 Å². The van der Waals surface area contributed by atoms with E-state index in [2.05, 4.69) is 21.6 Å². The van der Waals surface area contributed by atoms with E-state index in [1.165, 1.54) is 5.56 Å². The predicted octanol–water partition coefficient (Wildman–Crippen LogP) is 3.00. The fraction of sp³-hybridized carbons (Fsp3) is 0.538. The number of halogens is 1. The van der Waals surface area contributed by atoms with Crippen LogP contribution in [0.4, 0.5) is 4.20 Å². The maximum atomic E-state index is 13.3. The quantitative estimate of drug-likeness (QED) is 0.783. The molecule has 1 aromatic carbocycles. The molecule has 0 amide bonds. The Bertz CT molecular complexity index is 484. The highest BCUT2D eigenvalue weighted by molar-refractivity contribution is 7.48. The van der Waals surface area contributed by atoms with E-state index < -0.39 is 7.91 Å². The number of hydrogen-bond donors (Lipinski definition) is 0. The number of nitrogens with zero attached hydrogens (tertiary/aromatic N) is 1. The highest BCUT2D eigenvalue weighted by atomic mass is 31.2. The molecular formula is C13H17FNO3P. The molecule has 2 aliphatic rings. The second kappa shape index (κ2) is 5.33. The molecule has 3 atom stereocenters. The summed E-state index contributed by atoms with van der Waals surface area (Å²) in [6.45, 7) is 2.55. The van der Waals surface area contributed by atoms with Crippen LogP contribution in [0.15, 0.2) is 30.3 Å². The van der Waals surface area contributed by atoms with Gasteiger partial charge in [0.1, 0.15) is 0 Å². The average molecular weight is 285 g/mol. The van der Waals surface area contributed by atoms with Gasteiger partial charge in [-0.1, -0.05) is 30.3 Å². The highest BCUT2D eigenvalue weighted by Crippen LogP contribution is 2.55. The van der Waals surface area contributed by atoms with Gasteiger partial charge in [-0.05, 0) is 18.5 Å². The maximum absolute atomic E-state index is 13.3. The summed E-state index contributed by atoms with van der Waals surface area (Å²) in [4.78, 5) is 2.21. The number of fused-ring (bicyclic) bond motifs is 1. The van der Waals surface area contributed by atoms with Crippen molar-refractivity contribution in [2.75, 3.05) is 19.7 Å². The van der Waals surface area contributed by atoms with Crippen LogP contribution in [0.2, 0.25) is 0 Å². The molecule has 6 heteroatoms. The van der Waals surface area contributed by atoms with Crippen molar-refractivity contribution in [3.8, 4) is 0 Å². The number of hydrogen-bond acceptors (Lipinski definition) is 4. The van der Waals surface area contributed by atoms with Gasteiger partial charge in [0, 0.05) is 19.0 Å². The van der Waals surface area contributed by atoms with Crippen molar-refractivity contribution in [2.24, 2.45) is 5.92 Å². The van der Waals surface area contributed by atoms with Crippen molar-refractivity contribution >= 4 is 7.91 Å². The summed E-state index contributed by atoms with van der Waals surface area (Å²) in [5.74, 6) is 0.157. The van der Waals surface area contributed by atoms with Crippen molar-refractivity contribution in [3.63, 3.8) is 0 Å². The van der Waals surface area contributed by atoms with Crippen molar-refractivity contribution in [3.05, 3.63) is 35.9 Å². The van der Waals surface area contributed by atoms with Crippen LogP contribution in [0.5, 0.6) is 0 Å². The lowest BCUT2D eigenvalue weighted by Gasteiger charge is -2.40. The second-order valence-corrected chi connectivity index (χ2v) is 6.47. The summed E-state index contributed by atoms with van der Waals surface area (Å²) in [5.41, 5.74) is 1.22. The van der Waals surface area contributed by atoms with Crippen molar-refractivity contribution in [1.82, 2.24) is 4.90 Å². The monoisotopic (exact) mass is 285 g/mol. The zero-order valence-corrected chi connectivity index (χ0v) is 11.5. The standard InChI is InChI=1S/C13H17FNO3P/c14-19(16)17-10-12-6-7-15(9-13(12)18-19)8-11-4-2-1-3-5-11/h1-5,12-13H,6-10H2/t12-,13+,19+/m1/s1. The van der Waals surface area contributed by atoms with Crippen LogP contribution < -0.4 is 0 Å². The summed E-state index contributed by atoms with van der Waals surface area (Å²) in [6.07, 6.45) is 0.569. The minimum atomic E-state index is -4.31. The van der Waals surface area contributed by atoms with Crippen LogP contribution in [0.3, 0.4) is 0 Å². The number of rotatable bonds is 2. The third-order valence-electron chi connectivity index (χ3n) is 3.73. The minimum Gasteiger partial charge on any atom is -0.296 e. The van der Waals surface area contributed by atoms with Gasteiger partial charge < -0.3 is 0 Å². The first kappa shape index (κ1) is 13.3. The molecule has 2 aliphatic heterocycles. The summed E-state index contributed by atoms with van der Waals surface area (Å²) < 4.78 is 34.1. The Morgan fingerprint density at radius 3 is 2.95 bits per heavy atom. The molecule has 0 unspecified atom stereocenters. The van der Waals surface area contributed by atoms with Crippen molar-refractivity contribution in [1.29, 1.82) is 0 Å². The number of likely N-dealkylation sites (tertiary alicyclic amines) is 1. The molecule has 0 aromatic heterocycles. The molecular weight excluding hydrogens is 268 g/mol. The van der Waals surface area contributed by atoms with Gasteiger partial charge in [-0.2, -0.15) is 0 Å². The second-order valence-electron chi connectivity index (χ2n) is 5.14. The normalized spacial score (nSPS) is 35.8. The van der Waals surface area contributed by atoms with Crippen LogP contribution in [0, 0.1) is 5.92 Å². The van der Waals surface area contributed by atoms with E-state index in [0.29, 0.717) is 6.54 Å². The Hall–Kier alpha value is -0.740. The Balaban J connectivity index is 1.63. The zero-order valence-electron chi connectivity index (χ0n) is 10.6. The summed E-state index contributed by atoms with van der Waals surface area (Å²) in [5, 5.41) is 0. The van der Waals surface area contributed by atoms with E-state index in [-0.39, 0.29) is 18.6 Å². The van der Waals surface area contributed by atoms with Gasteiger partial charge in [0.05, 0.1) is 12.7 Å². The van der Waals surface area contributed by atoms with E-state index in [1.807, 2.05) is 18.2 Å². The first-order valence-corrected chi connectivity index (χ1v) is 7.95. The lowest BCUT2D eigenvalue weighted by molar-refractivity contribution is -0.0378. The molecule has 0 bridgehead atoms. The maximum Gasteiger partial charge on any atom is 0.513 e. The van der Waals surface area contributed by atoms with E-state index in [0.717, 1.165) is 19.5 Å². The third kappa shape index (κ3) is 3.23. The van der Waals surface area contributed by atoms with Gasteiger partial charge in [0.25, 0.3) is 0 Å². The van der Waals surface area contributed by atoms with E-state index in [4.69, 9.17) is 4.52 Å². The summed E-state index contributed by atoms with van der Waals surface area (Å²) in [6, 6.07) is 10.1. The van der Waals surface area contributed by atoms with E-state index in [1.54, 1.807) is 0 Å². The van der Waals surface area contributed by atoms with Gasteiger partial charge in [-0.15, -0.1) is 4.20 Å². The molecule has 0 spiro atoms. The van der Waals surface area contributed by atoms with Gasteiger partial charge in [-0.3, -0.25) is 13.9 Å². The molecule has 2 heterocycles.